The Morgan fingerprint density at radius 1 is 1.06 bits per heavy atom. The van der Waals surface area contributed by atoms with Crippen LogP contribution in [0, 0.1) is 6.92 Å². The molecule has 0 aliphatic carbocycles. The molecular formula is C37H36ClN5O3S. The van der Waals surface area contributed by atoms with Gasteiger partial charge < -0.3 is 14.8 Å². The van der Waals surface area contributed by atoms with E-state index in [1.54, 1.807) is 18.3 Å². The average molecular weight is 666 g/mol. The van der Waals surface area contributed by atoms with Gasteiger partial charge in [0, 0.05) is 51.9 Å². The molecule has 0 spiro atoms. The zero-order valence-corrected chi connectivity index (χ0v) is 28.6. The van der Waals surface area contributed by atoms with E-state index in [0.717, 1.165) is 78.3 Å². The Balaban J connectivity index is 1.35. The molecule has 1 aliphatic heterocycles. The van der Waals surface area contributed by atoms with Gasteiger partial charge in [0.1, 0.15) is 5.01 Å². The van der Waals surface area contributed by atoms with Gasteiger partial charge in [-0.3, -0.25) is 9.67 Å². The number of thiazole rings is 1. The molecule has 0 radical (unpaired) electrons. The van der Waals surface area contributed by atoms with Gasteiger partial charge in [-0.1, -0.05) is 29.8 Å². The first-order valence-corrected chi connectivity index (χ1v) is 17.0. The second-order valence-electron chi connectivity index (χ2n) is 12.8. The van der Waals surface area contributed by atoms with E-state index < -0.39 is 17.7 Å². The number of aryl methyl sites for hydroxylation is 1. The number of aromatic nitrogens is 4. The number of rotatable bonds is 8. The number of hydrogen-bond acceptors (Lipinski definition) is 8. The molecule has 1 aliphatic rings. The highest BCUT2D eigenvalue weighted by atomic mass is 35.5. The summed E-state index contributed by atoms with van der Waals surface area (Å²) in [6, 6.07) is 20.6. The number of esters is 1. The summed E-state index contributed by atoms with van der Waals surface area (Å²) in [6.07, 6.45) is 2.83. The molecule has 7 rings (SSSR count). The lowest BCUT2D eigenvalue weighted by Gasteiger charge is -2.29. The van der Waals surface area contributed by atoms with Crippen LogP contribution in [0.4, 0.5) is 0 Å². The molecule has 3 aromatic carbocycles. The Kier molecular flexibility index (Phi) is 8.34. The lowest BCUT2D eigenvalue weighted by atomic mass is 9.91. The zero-order valence-electron chi connectivity index (χ0n) is 27.0. The molecule has 1 saturated heterocycles. The second-order valence-corrected chi connectivity index (χ2v) is 14.3. The topological polar surface area (TPSA) is 91.2 Å². The maximum Gasteiger partial charge on any atom is 0.339 e. The molecule has 3 aromatic heterocycles. The van der Waals surface area contributed by atoms with Crippen LogP contribution in [0.5, 0.6) is 0 Å². The molecule has 1 fully saturated rings. The van der Waals surface area contributed by atoms with Gasteiger partial charge in [-0.25, -0.2) is 9.78 Å². The van der Waals surface area contributed by atoms with Gasteiger partial charge in [-0.05, 0) is 88.2 Å². The van der Waals surface area contributed by atoms with Crippen molar-refractivity contribution in [3.63, 3.8) is 0 Å². The molecule has 47 heavy (non-hydrogen) atoms. The number of carbonyl (C=O) groups excluding carboxylic acids is 1. The van der Waals surface area contributed by atoms with Crippen molar-refractivity contribution in [2.45, 2.75) is 52.4 Å². The van der Waals surface area contributed by atoms with Crippen molar-refractivity contribution < 1.29 is 14.3 Å². The minimum absolute atomic E-state index is 0.253. The SMILES string of the molecule is CCOC(=O)C(OC(C)(C)C)c1c(C)cc2nc(-c3ccnc(-c4ccc5c(cnn5C5CNC5)c4)c3)sc2c1-c1ccc(Cl)cc1. The number of ether oxygens (including phenoxy) is 2. The van der Waals surface area contributed by atoms with E-state index in [1.165, 1.54) is 0 Å². The number of fused-ring (bicyclic) bond motifs is 2. The fourth-order valence-electron chi connectivity index (χ4n) is 6.04. The predicted molar refractivity (Wildman–Crippen MR) is 189 cm³/mol. The number of carbonyl (C=O) groups is 1. The lowest BCUT2D eigenvalue weighted by Crippen LogP contribution is -2.43. The quantitative estimate of drug-likeness (QED) is 0.163. The third-order valence-electron chi connectivity index (χ3n) is 8.30. The number of halogens is 1. The fraction of sp³-hybridized carbons (Fsp3) is 0.297. The molecule has 0 bridgehead atoms. The summed E-state index contributed by atoms with van der Waals surface area (Å²) in [4.78, 5) is 23.3. The van der Waals surface area contributed by atoms with E-state index in [4.69, 9.17) is 31.0 Å². The van der Waals surface area contributed by atoms with Gasteiger partial charge in [0.05, 0.1) is 45.9 Å². The minimum Gasteiger partial charge on any atom is -0.464 e. The third-order valence-corrected chi connectivity index (χ3v) is 9.69. The first-order chi connectivity index (χ1) is 22.6. The Morgan fingerprint density at radius 2 is 1.83 bits per heavy atom. The van der Waals surface area contributed by atoms with Crippen LogP contribution < -0.4 is 5.32 Å². The van der Waals surface area contributed by atoms with Crippen LogP contribution >= 0.6 is 22.9 Å². The molecule has 240 valence electrons. The molecule has 10 heteroatoms. The summed E-state index contributed by atoms with van der Waals surface area (Å²) < 4.78 is 15.0. The molecular weight excluding hydrogens is 630 g/mol. The maximum absolute atomic E-state index is 13.5. The number of pyridine rings is 1. The van der Waals surface area contributed by atoms with Gasteiger partial charge in [-0.2, -0.15) is 5.10 Å². The van der Waals surface area contributed by atoms with E-state index in [2.05, 4.69) is 39.4 Å². The van der Waals surface area contributed by atoms with Gasteiger partial charge >= 0.3 is 5.97 Å². The summed E-state index contributed by atoms with van der Waals surface area (Å²) in [6.45, 7) is 11.8. The summed E-state index contributed by atoms with van der Waals surface area (Å²) in [5, 5.41) is 10.5. The zero-order chi connectivity index (χ0) is 32.9. The van der Waals surface area contributed by atoms with Gasteiger partial charge in [-0.15, -0.1) is 11.3 Å². The highest BCUT2D eigenvalue weighted by Crippen LogP contribution is 2.45. The largest absolute Gasteiger partial charge is 0.464 e. The molecule has 0 saturated carbocycles. The van der Waals surface area contributed by atoms with E-state index in [9.17, 15) is 4.79 Å². The van der Waals surface area contributed by atoms with Crippen LogP contribution in [-0.4, -0.2) is 51.0 Å². The second kappa shape index (κ2) is 12.5. The number of nitrogens with one attached hydrogen (secondary N) is 1. The Labute approximate surface area is 282 Å². The maximum atomic E-state index is 13.5. The molecule has 1 atom stereocenters. The van der Waals surface area contributed by atoms with Crippen molar-refractivity contribution in [1.29, 1.82) is 0 Å². The number of benzene rings is 3. The summed E-state index contributed by atoms with van der Waals surface area (Å²) in [5.74, 6) is -0.421. The van der Waals surface area contributed by atoms with Gasteiger partial charge in [0.2, 0.25) is 0 Å². The molecule has 1 unspecified atom stereocenters. The molecule has 8 nitrogen and oxygen atoms in total. The van der Waals surface area contributed by atoms with Crippen molar-refractivity contribution in [3.05, 3.63) is 89.2 Å². The fourth-order valence-corrected chi connectivity index (χ4v) is 7.29. The van der Waals surface area contributed by atoms with Gasteiger partial charge in [0.25, 0.3) is 0 Å². The molecule has 0 amide bonds. The van der Waals surface area contributed by atoms with Crippen LogP contribution in [0.2, 0.25) is 5.02 Å². The lowest BCUT2D eigenvalue weighted by molar-refractivity contribution is -0.166. The average Bonchev–Trinajstić information content (AvgIpc) is 3.63. The minimum atomic E-state index is -0.928. The Bertz CT molecular complexity index is 2110. The predicted octanol–water partition coefficient (Wildman–Crippen LogP) is 8.57. The van der Waals surface area contributed by atoms with Crippen molar-refractivity contribution in [1.82, 2.24) is 25.1 Å². The van der Waals surface area contributed by atoms with E-state index in [0.29, 0.717) is 11.1 Å². The summed E-state index contributed by atoms with van der Waals surface area (Å²) in [7, 11) is 0. The van der Waals surface area contributed by atoms with Crippen LogP contribution in [0.3, 0.4) is 0 Å². The molecule has 6 aromatic rings. The normalized spacial score (nSPS) is 14.4. The molecule has 1 N–H and O–H groups in total. The standard InChI is InChI=1S/C37H36ClN5O3S/c1-6-45-36(44)33(46-37(3,4)5)31-21(2)15-29-34(32(31)22-7-10-26(38)11-8-22)47-35(42-29)24-13-14-40-28(17-24)23-9-12-30-25(16-23)18-41-43(30)27-19-39-20-27/h7-18,27,33,39H,6,19-20H2,1-5H3. The van der Waals surface area contributed by atoms with Crippen LogP contribution in [0.1, 0.15) is 51.0 Å². The number of nitrogens with zero attached hydrogens (tertiary/aromatic N) is 4. The van der Waals surface area contributed by atoms with E-state index in [-0.39, 0.29) is 6.61 Å². The third kappa shape index (κ3) is 6.16. The molecule has 4 heterocycles. The van der Waals surface area contributed by atoms with Crippen molar-refractivity contribution in [3.8, 4) is 33.0 Å². The van der Waals surface area contributed by atoms with Crippen molar-refractivity contribution in [2.75, 3.05) is 19.7 Å². The first kappa shape index (κ1) is 31.4. The Morgan fingerprint density at radius 3 is 2.53 bits per heavy atom. The van der Waals surface area contributed by atoms with Crippen LogP contribution in [-0.2, 0) is 14.3 Å². The summed E-state index contributed by atoms with van der Waals surface area (Å²) >= 11 is 7.90. The monoisotopic (exact) mass is 665 g/mol. The first-order valence-electron chi connectivity index (χ1n) is 15.8. The Hall–Kier alpha value is -4.15. The number of hydrogen-bond donors (Lipinski definition) is 1. The smallest absolute Gasteiger partial charge is 0.339 e. The van der Waals surface area contributed by atoms with Crippen LogP contribution in [0.25, 0.3) is 54.1 Å². The highest BCUT2D eigenvalue weighted by molar-refractivity contribution is 7.22. The van der Waals surface area contributed by atoms with Crippen molar-refractivity contribution >= 4 is 50.0 Å². The van der Waals surface area contributed by atoms with E-state index >= 15 is 0 Å². The van der Waals surface area contributed by atoms with Crippen LogP contribution in [0.15, 0.2) is 73.1 Å². The summed E-state index contributed by atoms with van der Waals surface area (Å²) in [5.41, 5.74) is 7.67. The van der Waals surface area contributed by atoms with E-state index in [1.807, 2.05) is 76.5 Å². The highest BCUT2D eigenvalue weighted by Gasteiger charge is 2.33. The van der Waals surface area contributed by atoms with Gasteiger partial charge in [0.15, 0.2) is 6.10 Å². The van der Waals surface area contributed by atoms with Crippen molar-refractivity contribution in [2.24, 2.45) is 0 Å².